The third-order valence-corrected chi connectivity index (χ3v) is 5.97. The summed E-state index contributed by atoms with van der Waals surface area (Å²) in [4.78, 5) is 18.3. The summed E-state index contributed by atoms with van der Waals surface area (Å²) in [5, 5.41) is 15.0. The Kier molecular flexibility index (Phi) is 6.38. The quantitative estimate of drug-likeness (QED) is 0.351. The van der Waals surface area contributed by atoms with Gasteiger partial charge in [-0.2, -0.15) is 0 Å². The molecule has 0 saturated carbocycles. The molecule has 0 bridgehead atoms. The monoisotopic (exact) mass is 496 g/mol. The molecule has 186 valence electrons. The van der Waals surface area contributed by atoms with E-state index in [4.69, 9.17) is 19.2 Å². The van der Waals surface area contributed by atoms with E-state index in [1.165, 1.54) is 6.33 Å². The van der Waals surface area contributed by atoms with Crippen LogP contribution in [0.2, 0.25) is 0 Å². The third kappa shape index (κ3) is 4.52. The van der Waals surface area contributed by atoms with E-state index in [2.05, 4.69) is 20.8 Å². The van der Waals surface area contributed by atoms with Gasteiger partial charge in [0.25, 0.3) is 5.91 Å². The van der Waals surface area contributed by atoms with Gasteiger partial charge in [-0.05, 0) is 65.4 Å². The topological polar surface area (TPSA) is 113 Å². The predicted molar refractivity (Wildman–Crippen MR) is 139 cm³/mol. The predicted octanol–water partition coefficient (Wildman–Crippen LogP) is 4.46. The van der Waals surface area contributed by atoms with E-state index in [1.54, 1.807) is 44.2 Å². The number of nitrogens with one attached hydrogen (secondary N) is 1. The Morgan fingerprint density at radius 3 is 2.32 bits per heavy atom. The van der Waals surface area contributed by atoms with E-state index in [1.807, 2.05) is 49.4 Å². The number of anilines is 1. The molecule has 0 unspecified atom stereocenters. The van der Waals surface area contributed by atoms with Crippen molar-refractivity contribution < 1.29 is 19.0 Å². The lowest BCUT2D eigenvalue weighted by atomic mass is 10.0. The van der Waals surface area contributed by atoms with Crippen LogP contribution in [0.25, 0.3) is 27.8 Å². The molecule has 0 atom stereocenters. The highest BCUT2D eigenvalue weighted by Gasteiger charge is 2.18. The molecule has 1 N–H and O–H groups in total. The fraction of sp³-hybridized carbons (Fsp3) is 0.148. The lowest BCUT2D eigenvalue weighted by Gasteiger charge is -2.15. The number of benzene rings is 3. The first-order valence-electron chi connectivity index (χ1n) is 11.4. The smallest absolute Gasteiger partial charge is 0.256 e. The van der Waals surface area contributed by atoms with Crippen molar-refractivity contribution in [1.29, 1.82) is 0 Å². The number of para-hydroxylation sites is 1. The van der Waals surface area contributed by atoms with Crippen molar-refractivity contribution in [2.75, 3.05) is 26.6 Å². The second-order valence-corrected chi connectivity index (χ2v) is 8.20. The molecule has 0 aliphatic carbocycles. The molecule has 0 radical (unpaired) electrons. The maximum Gasteiger partial charge on any atom is 0.256 e. The van der Waals surface area contributed by atoms with Gasteiger partial charge in [-0.25, -0.2) is 9.67 Å². The van der Waals surface area contributed by atoms with E-state index in [9.17, 15) is 4.79 Å². The first-order chi connectivity index (χ1) is 18.0. The van der Waals surface area contributed by atoms with Crippen molar-refractivity contribution in [2.24, 2.45) is 0 Å². The number of rotatable bonds is 7. The number of ether oxygens (including phenoxy) is 3. The van der Waals surface area contributed by atoms with Gasteiger partial charge in [-0.3, -0.25) is 4.79 Å². The minimum atomic E-state index is -0.262. The lowest BCUT2D eigenvalue weighted by Crippen LogP contribution is -2.13. The number of hydrogen-bond acceptors (Lipinski definition) is 8. The summed E-state index contributed by atoms with van der Waals surface area (Å²) in [5.74, 6) is 1.21. The Hall–Kier alpha value is -4.99. The zero-order valence-electron chi connectivity index (χ0n) is 20.7. The maximum absolute atomic E-state index is 13.5. The van der Waals surface area contributed by atoms with E-state index in [-0.39, 0.29) is 5.91 Å². The summed E-state index contributed by atoms with van der Waals surface area (Å²) in [5.41, 5.74) is 4.85. The van der Waals surface area contributed by atoms with Crippen molar-refractivity contribution in [3.05, 3.63) is 78.1 Å². The van der Waals surface area contributed by atoms with Gasteiger partial charge in [0.1, 0.15) is 6.33 Å². The van der Waals surface area contributed by atoms with Crippen LogP contribution in [0, 0.1) is 6.92 Å². The zero-order valence-corrected chi connectivity index (χ0v) is 20.7. The minimum Gasteiger partial charge on any atom is -0.493 e. The number of carbonyl (C=O) groups is 1. The van der Waals surface area contributed by atoms with Gasteiger partial charge in [0, 0.05) is 16.6 Å². The first kappa shape index (κ1) is 23.7. The SMILES string of the molecule is COc1cc(-c2cc(C(=O)Nc3ccc(-n4cnnn4)c(C)c3)c3ccccc3n2)cc(OC)c1OC. The average molecular weight is 497 g/mol. The van der Waals surface area contributed by atoms with Crippen LogP contribution in [0.15, 0.2) is 67.0 Å². The van der Waals surface area contributed by atoms with E-state index in [0.29, 0.717) is 39.7 Å². The summed E-state index contributed by atoms with van der Waals surface area (Å²) >= 11 is 0. The lowest BCUT2D eigenvalue weighted by molar-refractivity contribution is 0.102. The molecular formula is C27H24N6O4. The molecule has 0 aliphatic rings. The van der Waals surface area contributed by atoms with Crippen molar-refractivity contribution in [3.63, 3.8) is 0 Å². The number of fused-ring (bicyclic) bond motifs is 1. The van der Waals surface area contributed by atoms with Crippen molar-refractivity contribution in [1.82, 2.24) is 25.2 Å². The number of carbonyl (C=O) groups excluding carboxylic acids is 1. The number of aryl methyl sites for hydroxylation is 1. The Balaban J connectivity index is 1.55. The summed E-state index contributed by atoms with van der Waals surface area (Å²) < 4.78 is 18.0. The summed E-state index contributed by atoms with van der Waals surface area (Å²) in [7, 11) is 4.66. The molecule has 10 nitrogen and oxygen atoms in total. The van der Waals surface area contributed by atoms with Crippen LogP contribution in [0.1, 0.15) is 15.9 Å². The second-order valence-electron chi connectivity index (χ2n) is 8.20. The average Bonchev–Trinajstić information content (AvgIpc) is 3.46. The molecule has 2 heterocycles. The van der Waals surface area contributed by atoms with Crippen LogP contribution in [0.3, 0.4) is 0 Å². The van der Waals surface area contributed by atoms with Gasteiger partial charge in [0.05, 0.1) is 43.8 Å². The number of pyridine rings is 1. The van der Waals surface area contributed by atoms with Gasteiger partial charge in [0.15, 0.2) is 11.5 Å². The van der Waals surface area contributed by atoms with E-state index < -0.39 is 0 Å². The second kappa shape index (κ2) is 9.94. The number of tetrazole rings is 1. The number of methoxy groups -OCH3 is 3. The Bertz CT molecular complexity index is 1580. The summed E-state index contributed by atoms with van der Waals surface area (Å²) in [6.45, 7) is 1.93. The normalized spacial score (nSPS) is 10.8. The van der Waals surface area contributed by atoms with Gasteiger partial charge in [-0.1, -0.05) is 18.2 Å². The fourth-order valence-electron chi connectivity index (χ4n) is 4.20. The summed E-state index contributed by atoms with van der Waals surface area (Å²) in [6, 6.07) is 18.4. The molecule has 1 amide bonds. The maximum atomic E-state index is 13.5. The molecule has 37 heavy (non-hydrogen) atoms. The number of aromatic nitrogens is 5. The molecule has 0 aliphatic heterocycles. The Labute approximate surface area is 212 Å². The molecule has 5 rings (SSSR count). The highest BCUT2D eigenvalue weighted by molar-refractivity contribution is 6.13. The molecule has 0 saturated heterocycles. The van der Waals surface area contributed by atoms with Crippen LogP contribution in [0.5, 0.6) is 17.2 Å². The van der Waals surface area contributed by atoms with Crippen LogP contribution in [-0.4, -0.2) is 52.4 Å². The van der Waals surface area contributed by atoms with Crippen LogP contribution >= 0.6 is 0 Å². The number of nitrogens with zero attached hydrogens (tertiary/aromatic N) is 5. The minimum absolute atomic E-state index is 0.262. The van der Waals surface area contributed by atoms with Crippen molar-refractivity contribution in [2.45, 2.75) is 6.92 Å². The highest BCUT2D eigenvalue weighted by atomic mass is 16.5. The third-order valence-electron chi connectivity index (χ3n) is 5.97. The van der Waals surface area contributed by atoms with E-state index in [0.717, 1.165) is 22.2 Å². The summed E-state index contributed by atoms with van der Waals surface area (Å²) in [6.07, 6.45) is 1.52. The van der Waals surface area contributed by atoms with Crippen molar-refractivity contribution in [3.8, 4) is 34.2 Å². The number of amides is 1. The molecular weight excluding hydrogens is 472 g/mol. The fourth-order valence-corrected chi connectivity index (χ4v) is 4.20. The van der Waals surface area contributed by atoms with E-state index >= 15 is 0 Å². The van der Waals surface area contributed by atoms with Crippen molar-refractivity contribution >= 4 is 22.5 Å². The van der Waals surface area contributed by atoms with Gasteiger partial charge < -0.3 is 19.5 Å². The molecule has 0 fully saturated rings. The molecule has 0 spiro atoms. The molecule has 10 heteroatoms. The highest BCUT2D eigenvalue weighted by Crippen LogP contribution is 2.41. The van der Waals surface area contributed by atoms with Gasteiger partial charge in [0.2, 0.25) is 5.75 Å². The van der Waals surface area contributed by atoms with Crippen LogP contribution < -0.4 is 19.5 Å². The zero-order chi connectivity index (χ0) is 25.9. The Morgan fingerprint density at radius 1 is 0.919 bits per heavy atom. The standard InChI is InChI=1S/C27H24N6O4/c1-16-11-18(9-10-23(16)33-15-28-31-32-33)29-27(34)20-14-22(30-21-8-6-5-7-19(20)21)17-12-24(35-2)26(37-4)25(13-17)36-3/h5-15H,1-4H3,(H,29,34). The Morgan fingerprint density at radius 2 is 1.68 bits per heavy atom. The molecule has 3 aromatic carbocycles. The van der Waals surface area contributed by atoms with Crippen LogP contribution in [0.4, 0.5) is 5.69 Å². The van der Waals surface area contributed by atoms with Gasteiger partial charge in [-0.15, -0.1) is 5.10 Å². The van der Waals surface area contributed by atoms with Crippen LogP contribution in [-0.2, 0) is 0 Å². The first-order valence-corrected chi connectivity index (χ1v) is 11.4. The molecule has 2 aromatic heterocycles. The molecule has 5 aromatic rings. The largest absolute Gasteiger partial charge is 0.493 e. The van der Waals surface area contributed by atoms with Gasteiger partial charge >= 0.3 is 0 Å². The number of hydrogen-bond donors (Lipinski definition) is 1.